The van der Waals surface area contributed by atoms with Crippen molar-refractivity contribution in [2.24, 2.45) is 5.84 Å². The van der Waals surface area contributed by atoms with Crippen LogP contribution < -0.4 is 11.3 Å². The van der Waals surface area contributed by atoms with Crippen molar-refractivity contribution in [1.82, 2.24) is 5.43 Å². The van der Waals surface area contributed by atoms with Gasteiger partial charge in [0.25, 0.3) is 0 Å². The van der Waals surface area contributed by atoms with Gasteiger partial charge in [-0.15, -0.1) is 11.3 Å². The number of hydrogen-bond acceptors (Lipinski definition) is 3. The van der Waals surface area contributed by atoms with Gasteiger partial charge in [-0.3, -0.25) is 11.3 Å². The Morgan fingerprint density at radius 2 is 1.90 bits per heavy atom. The molecule has 3 N–H and O–H groups in total. The Kier molecular flexibility index (Phi) is 5.02. The van der Waals surface area contributed by atoms with Crippen molar-refractivity contribution in [3.63, 3.8) is 0 Å². The number of rotatable bonds is 4. The summed E-state index contributed by atoms with van der Waals surface area (Å²) in [5.74, 6) is 5.81. The van der Waals surface area contributed by atoms with Crippen LogP contribution in [-0.4, -0.2) is 0 Å². The molecule has 2 rings (SSSR count). The molecule has 2 aromatic rings. The Labute approximate surface area is 133 Å². The second-order valence-corrected chi connectivity index (χ2v) is 8.51. The predicted octanol–water partition coefficient (Wildman–Crippen LogP) is 4.56. The summed E-state index contributed by atoms with van der Waals surface area (Å²) in [6, 6.07) is 12.9. The van der Waals surface area contributed by atoms with Crippen molar-refractivity contribution >= 4 is 27.3 Å². The molecule has 4 heteroatoms. The summed E-state index contributed by atoms with van der Waals surface area (Å²) in [5.41, 5.74) is 5.72. The standard InChI is InChI=1S/C16H21BrN2S/c1-16(2,3)13-7-5-4-6-12(13)14(19-18)10-11-8-9-15(17)20-11/h4-9,14,19H,10,18H2,1-3H3. The van der Waals surface area contributed by atoms with Crippen LogP contribution in [0.3, 0.4) is 0 Å². The number of nitrogens with two attached hydrogens (primary N) is 1. The van der Waals surface area contributed by atoms with Crippen molar-refractivity contribution in [1.29, 1.82) is 0 Å². The molecule has 2 nitrogen and oxygen atoms in total. The maximum absolute atomic E-state index is 5.81. The maximum Gasteiger partial charge on any atom is 0.0701 e. The Bertz CT molecular complexity index is 572. The molecule has 1 unspecified atom stereocenters. The highest BCUT2D eigenvalue weighted by Crippen LogP contribution is 2.32. The van der Waals surface area contributed by atoms with Crippen LogP contribution in [0, 0.1) is 0 Å². The van der Waals surface area contributed by atoms with E-state index in [0.717, 1.165) is 10.2 Å². The highest BCUT2D eigenvalue weighted by atomic mass is 79.9. The zero-order valence-electron chi connectivity index (χ0n) is 12.1. The predicted molar refractivity (Wildman–Crippen MR) is 90.9 cm³/mol. The monoisotopic (exact) mass is 352 g/mol. The van der Waals surface area contributed by atoms with Gasteiger partial charge in [0, 0.05) is 11.3 Å². The van der Waals surface area contributed by atoms with Gasteiger partial charge in [0.05, 0.1) is 9.83 Å². The normalized spacial score (nSPS) is 13.4. The fraction of sp³-hybridized carbons (Fsp3) is 0.375. The van der Waals surface area contributed by atoms with Gasteiger partial charge in [0.2, 0.25) is 0 Å². The molecule has 0 radical (unpaired) electrons. The molecule has 108 valence electrons. The molecule has 0 spiro atoms. The number of benzene rings is 1. The molecule has 20 heavy (non-hydrogen) atoms. The fourth-order valence-corrected chi connectivity index (χ4v) is 3.93. The van der Waals surface area contributed by atoms with Crippen LogP contribution in [0.2, 0.25) is 0 Å². The van der Waals surface area contributed by atoms with Crippen molar-refractivity contribution in [2.75, 3.05) is 0 Å². The second-order valence-electron chi connectivity index (χ2n) is 5.97. The topological polar surface area (TPSA) is 38.0 Å². The van der Waals surface area contributed by atoms with Crippen molar-refractivity contribution in [2.45, 2.75) is 38.6 Å². The van der Waals surface area contributed by atoms with Gasteiger partial charge in [-0.1, -0.05) is 45.0 Å². The quantitative estimate of drug-likeness (QED) is 0.625. The first-order valence-corrected chi connectivity index (χ1v) is 8.32. The highest BCUT2D eigenvalue weighted by molar-refractivity contribution is 9.11. The van der Waals surface area contributed by atoms with Crippen LogP contribution in [0.15, 0.2) is 40.2 Å². The average Bonchev–Trinajstić information content (AvgIpc) is 2.80. The third-order valence-corrected chi connectivity index (χ3v) is 5.03. The molecular formula is C16H21BrN2S. The zero-order valence-corrected chi connectivity index (χ0v) is 14.5. The third-order valence-electron chi connectivity index (χ3n) is 3.38. The van der Waals surface area contributed by atoms with E-state index in [4.69, 9.17) is 5.84 Å². The number of hydrogen-bond donors (Lipinski definition) is 2. The molecule has 1 heterocycles. The molecule has 0 bridgehead atoms. The van der Waals surface area contributed by atoms with Gasteiger partial charge in [-0.2, -0.15) is 0 Å². The Morgan fingerprint density at radius 1 is 1.20 bits per heavy atom. The summed E-state index contributed by atoms with van der Waals surface area (Å²) in [6.45, 7) is 6.71. The van der Waals surface area contributed by atoms with E-state index in [0.29, 0.717) is 0 Å². The summed E-state index contributed by atoms with van der Waals surface area (Å²) in [6.07, 6.45) is 0.903. The maximum atomic E-state index is 5.81. The lowest BCUT2D eigenvalue weighted by Gasteiger charge is -2.27. The lowest BCUT2D eigenvalue weighted by Crippen LogP contribution is -2.31. The van der Waals surface area contributed by atoms with Crippen LogP contribution in [0.5, 0.6) is 0 Å². The highest BCUT2D eigenvalue weighted by Gasteiger charge is 2.22. The van der Waals surface area contributed by atoms with Crippen LogP contribution >= 0.6 is 27.3 Å². The van der Waals surface area contributed by atoms with Gasteiger partial charge in [-0.05, 0) is 44.6 Å². The molecule has 1 aromatic carbocycles. The summed E-state index contributed by atoms with van der Waals surface area (Å²) < 4.78 is 1.16. The molecule has 0 fully saturated rings. The Morgan fingerprint density at radius 3 is 2.45 bits per heavy atom. The first-order chi connectivity index (χ1) is 9.41. The molecular weight excluding hydrogens is 332 g/mol. The SMILES string of the molecule is CC(C)(C)c1ccccc1C(Cc1ccc(Br)s1)NN. The molecule has 0 saturated heterocycles. The largest absolute Gasteiger partial charge is 0.271 e. The molecule has 0 amide bonds. The zero-order chi connectivity index (χ0) is 14.8. The first-order valence-electron chi connectivity index (χ1n) is 6.71. The van der Waals surface area contributed by atoms with E-state index in [2.05, 4.69) is 78.5 Å². The fourth-order valence-electron chi connectivity index (χ4n) is 2.41. The Balaban J connectivity index is 2.32. The lowest BCUT2D eigenvalue weighted by molar-refractivity contribution is 0.520. The summed E-state index contributed by atoms with van der Waals surface area (Å²) in [5, 5.41) is 0. The van der Waals surface area contributed by atoms with Crippen molar-refractivity contribution in [3.8, 4) is 0 Å². The molecule has 1 aromatic heterocycles. The molecule has 0 aliphatic heterocycles. The minimum Gasteiger partial charge on any atom is -0.271 e. The molecule has 1 atom stereocenters. The summed E-state index contributed by atoms with van der Waals surface area (Å²) >= 11 is 5.27. The minimum atomic E-state index is 0.113. The van der Waals surface area contributed by atoms with E-state index in [1.165, 1.54) is 16.0 Å². The van der Waals surface area contributed by atoms with Crippen molar-refractivity contribution in [3.05, 3.63) is 56.2 Å². The Hall–Kier alpha value is -0.680. The van der Waals surface area contributed by atoms with E-state index < -0.39 is 0 Å². The van der Waals surface area contributed by atoms with E-state index in [1.54, 1.807) is 11.3 Å². The van der Waals surface area contributed by atoms with Gasteiger partial charge in [0.1, 0.15) is 0 Å². The lowest BCUT2D eigenvalue weighted by atomic mass is 9.81. The number of nitrogens with one attached hydrogen (secondary N) is 1. The summed E-state index contributed by atoms with van der Waals surface area (Å²) in [7, 11) is 0. The van der Waals surface area contributed by atoms with Gasteiger partial charge < -0.3 is 0 Å². The third kappa shape index (κ3) is 3.70. The average molecular weight is 353 g/mol. The van der Waals surface area contributed by atoms with E-state index >= 15 is 0 Å². The van der Waals surface area contributed by atoms with Gasteiger partial charge >= 0.3 is 0 Å². The second kappa shape index (κ2) is 6.39. The van der Waals surface area contributed by atoms with E-state index in [1.807, 2.05) is 0 Å². The molecule has 0 saturated carbocycles. The van der Waals surface area contributed by atoms with Crippen LogP contribution in [0.1, 0.15) is 42.8 Å². The van der Waals surface area contributed by atoms with Crippen LogP contribution in [-0.2, 0) is 11.8 Å². The number of halogens is 1. The van der Waals surface area contributed by atoms with Gasteiger partial charge in [0.15, 0.2) is 0 Å². The number of thiophene rings is 1. The van der Waals surface area contributed by atoms with E-state index in [-0.39, 0.29) is 11.5 Å². The molecule has 0 aliphatic rings. The minimum absolute atomic E-state index is 0.113. The molecule has 0 aliphatic carbocycles. The van der Waals surface area contributed by atoms with Crippen LogP contribution in [0.25, 0.3) is 0 Å². The number of hydrazine groups is 1. The van der Waals surface area contributed by atoms with Crippen LogP contribution in [0.4, 0.5) is 0 Å². The van der Waals surface area contributed by atoms with Gasteiger partial charge in [-0.25, -0.2) is 0 Å². The first kappa shape index (κ1) is 15.7. The van der Waals surface area contributed by atoms with Crippen molar-refractivity contribution < 1.29 is 0 Å². The summed E-state index contributed by atoms with van der Waals surface area (Å²) in [4.78, 5) is 1.32. The smallest absolute Gasteiger partial charge is 0.0701 e. The van der Waals surface area contributed by atoms with E-state index in [9.17, 15) is 0 Å².